The van der Waals surface area contributed by atoms with Gasteiger partial charge in [0.15, 0.2) is 0 Å². The van der Waals surface area contributed by atoms with Gasteiger partial charge in [0, 0.05) is 24.9 Å². The van der Waals surface area contributed by atoms with Gasteiger partial charge in [-0.25, -0.2) is 9.48 Å². The van der Waals surface area contributed by atoms with Crippen molar-refractivity contribution in [3.63, 3.8) is 0 Å². The van der Waals surface area contributed by atoms with Crippen LogP contribution in [-0.4, -0.2) is 42.9 Å². The lowest BCUT2D eigenvalue weighted by Gasteiger charge is -2.13. The number of carbonyl (C=O) groups is 2. The summed E-state index contributed by atoms with van der Waals surface area (Å²) in [6.45, 7) is 3.94. The van der Waals surface area contributed by atoms with Gasteiger partial charge in [-0.15, -0.1) is 5.10 Å². The second-order valence-corrected chi connectivity index (χ2v) is 6.84. The van der Waals surface area contributed by atoms with E-state index in [1.54, 1.807) is 10.9 Å². The SMILES string of the molecule is CC(C)n1cc(C[C@@H]2NC(=O)N(Cc3ncc(Cl)cc3Cl)C2=O)nn1. The normalized spacial score (nSPS) is 17.5. The highest BCUT2D eigenvalue weighted by Crippen LogP contribution is 2.22. The molecule has 0 saturated carbocycles. The second kappa shape index (κ2) is 6.97. The summed E-state index contributed by atoms with van der Waals surface area (Å²) in [4.78, 5) is 29.8. The number of urea groups is 1. The number of halogens is 2. The first-order valence-electron chi connectivity index (χ1n) is 7.67. The quantitative estimate of drug-likeness (QED) is 0.800. The van der Waals surface area contributed by atoms with Gasteiger partial charge in [0.1, 0.15) is 6.04 Å². The number of hydrogen-bond acceptors (Lipinski definition) is 5. The molecule has 0 aliphatic carbocycles. The van der Waals surface area contributed by atoms with Gasteiger partial charge in [-0.3, -0.25) is 14.7 Å². The van der Waals surface area contributed by atoms with Crippen molar-refractivity contribution in [1.29, 1.82) is 0 Å². The monoisotopic (exact) mass is 382 g/mol. The molecule has 1 saturated heterocycles. The van der Waals surface area contributed by atoms with E-state index in [1.807, 2.05) is 13.8 Å². The van der Waals surface area contributed by atoms with Crippen molar-refractivity contribution >= 4 is 35.1 Å². The van der Waals surface area contributed by atoms with Gasteiger partial charge >= 0.3 is 6.03 Å². The Morgan fingerprint density at radius 2 is 2.08 bits per heavy atom. The Bertz CT molecular complexity index is 822. The minimum absolute atomic E-state index is 0.0180. The third-order valence-corrected chi connectivity index (χ3v) is 4.33. The van der Waals surface area contributed by atoms with Crippen molar-refractivity contribution in [2.45, 2.75) is 38.9 Å². The van der Waals surface area contributed by atoms with Gasteiger partial charge in [0.2, 0.25) is 0 Å². The summed E-state index contributed by atoms with van der Waals surface area (Å²) >= 11 is 11.9. The van der Waals surface area contributed by atoms with Gasteiger partial charge in [-0.05, 0) is 19.9 Å². The first-order valence-corrected chi connectivity index (χ1v) is 8.43. The van der Waals surface area contributed by atoms with Crippen molar-refractivity contribution in [2.24, 2.45) is 0 Å². The Kier molecular flexibility index (Phi) is 4.91. The summed E-state index contributed by atoms with van der Waals surface area (Å²) in [5.41, 5.74) is 1.04. The summed E-state index contributed by atoms with van der Waals surface area (Å²) < 4.78 is 1.70. The van der Waals surface area contributed by atoms with Crippen LogP contribution in [-0.2, 0) is 17.8 Å². The van der Waals surface area contributed by atoms with Crippen LogP contribution in [0.4, 0.5) is 4.79 Å². The number of imide groups is 1. The molecular weight excluding hydrogens is 367 g/mol. The van der Waals surface area contributed by atoms with Gasteiger partial charge in [0.25, 0.3) is 5.91 Å². The largest absolute Gasteiger partial charge is 0.325 e. The first kappa shape index (κ1) is 17.6. The number of hydrogen-bond donors (Lipinski definition) is 1. The molecule has 0 spiro atoms. The average Bonchev–Trinajstić information content (AvgIpc) is 3.10. The number of nitrogens with zero attached hydrogens (tertiary/aromatic N) is 5. The topological polar surface area (TPSA) is 93.0 Å². The molecule has 2 aromatic heterocycles. The number of carbonyl (C=O) groups excluding carboxylic acids is 2. The van der Waals surface area contributed by atoms with E-state index in [4.69, 9.17) is 23.2 Å². The zero-order valence-corrected chi connectivity index (χ0v) is 15.1. The maximum atomic E-state index is 12.5. The average molecular weight is 383 g/mol. The first-order chi connectivity index (χ1) is 11.8. The van der Waals surface area contributed by atoms with Gasteiger partial charge in [-0.1, -0.05) is 28.4 Å². The summed E-state index contributed by atoms with van der Waals surface area (Å²) in [5.74, 6) is -0.350. The van der Waals surface area contributed by atoms with Crippen LogP contribution in [0.3, 0.4) is 0 Å². The number of amides is 3. The molecule has 132 valence electrons. The van der Waals surface area contributed by atoms with Crippen molar-refractivity contribution in [3.05, 3.63) is 39.9 Å². The number of nitrogens with one attached hydrogen (secondary N) is 1. The van der Waals surface area contributed by atoms with Crippen LogP contribution in [0, 0.1) is 0 Å². The van der Waals surface area contributed by atoms with Crippen LogP contribution in [0.5, 0.6) is 0 Å². The molecule has 1 N–H and O–H groups in total. The Balaban J connectivity index is 1.71. The van der Waals surface area contributed by atoms with Gasteiger partial charge in [-0.2, -0.15) is 0 Å². The van der Waals surface area contributed by atoms with E-state index in [9.17, 15) is 9.59 Å². The molecular formula is C15H16Cl2N6O2. The van der Waals surface area contributed by atoms with Gasteiger partial charge < -0.3 is 5.32 Å². The lowest BCUT2D eigenvalue weighted by atomic mass is 10.1. The molecule has 2 aromatic rings. The lowest BCUT2D eigenvalue weighted by Crippen LogP contribution is -2.32. The molecule has 3 amide bonds. The summed E-state index contributed by atoms with van der Waals surface area (Å²) in [6.07, 6.45) is 3.46. The minimum atomic E-state index is -0.684. The van der Waals surface area contributed by atoms with Crippen LogP contribution in [0.1, 0.15) is 31.3 Å². The maximum absolute atomic E-state index is 12.5. The van der Waals surface area contributed by atoms with E-state index in [-0.39, 0.29) is 24.9 Å². The zero-order chi connectivity index (χ0) is 18.1. The van der Waals surface area contributed by atoms with Crippen LogP contribution in [0.2, 0.25) is 10.0 Å². The lowest BCUT2D eigenvalue weighted by molar-refractivity contribution is -0.127. The van der Waals surface area contributed by atoms with Crippen LogP contribution in [0.25, 0.3) is 0 Å². The highest BCUT2D eigenvalue weighted by atomic mass is 35.5. The van der Waals surface area contributed by atoms with Gasteiger partial charge in [0.05, 0.1) is 28.0 Å². The Labute approximate surface area is 154 Å². The standard InChI is InChI=1S/C15H16Cl2N6O2/c1-8(2)23-6-10(20-21-23)4-12-14(24)22(15(25)19-12)7-13-11(17)3-9(16)5-18-13/h3,5-6,8,12H,4,7H2,1-2H3,(H,19,25)/t12-/m0/s1. The third-order valence-electron chi connectivity index (χ3n) is 3.80. The molecule has 0 unspecified atom stereocenters. The molecule has 1 fully saturated rings. The molecule has 3 rings (SSSR count). The summed E-state index contributed by atoms with van der Waals surface area (Å²) in [6, 6.07) is 0.519. The van der Waals surface area contributed by atoms with Crippen LogP contribution >= 0.6 is 23.2 Å². The highest BCUT2D eigenvalue weighted by Gasteiger charge is 2.38. The second-order valence-electron chi connectivity index (χ2n) is 6.00. The van der Waals surface area contributed by atoms with Crippen molar-refractivity contribution in [1.82, 2.24) is 30.2 Å². The molecule has 1 aliphatic heterocycles. The molecule has 1 aliphatic rings. The van der Waals surface area contributed by atoms with Crippen molar-refractivity contribution in [3.8, 4) is 0 Å². The van der Waals surface area contributed by atoms with E-state index < -0.39 is 12.1 Å². The van der Waals surface area contributed by atoms with E-state index in [1.165, 1.54) is 12.3 Å². The Morgan fingerprint density at radius 1 is 1.32 bits per heavy atom. The van der Waals surface area contributed by atoms with Crippen molar-refractivity contribution in [2.75, 3.05) is 0 Å². The van der Waals surface area contributed by atoms with Crippen LogP contribution < -0.4 is 5.32 Å². The number of aromatic nitrogens is 4. The third kappa shape index (κ3) is 3.74. The number of pyridine rings is 1. The van der Waals surface area contributed by atoms with E-state index >= 15 is 0 Å². The predicted octanol–water partition coefficient (Wildman–Crippen LogP) is 2.22. The fourth-order valence-electron chi connectivity index (χ4n) is 2.44. The van der Waals surface area contributed by atoms with Crippen molar-refractivity contribution < 1.29 is 9.59 Å². The molecule has 8 nitrogen and oxygen atoms in total. The van der Waals surface area contributed by atoms with E-state index in [0.717, 1.165) is 4.90 Å². The summed E-state index contributed by atoms with van der Waals surface area (Å²) in [7, 11) is 0. The summed E-state index contributed by atoms with van der Waals surface area (Å²) in [5, 5.41) is 11.4. The molecule has 0 aromatic carbocycles. The highest BCUT2D eigenvalue weighted by molar-refractivity contribution is 6.34. The molecule has 25 heavy (non-hydrogen) atoms. The van der Waals surface area contributed by atoms with E-state index in [2.05, 4.69) is 20.6 Å². The molecule has 1 atom stereocenters. The minimum Gasteiger partial charge on any atom is -0.325 e. The number of rotatable bonds is 5. The van der Waals surface area contributed by atoms with Crippen LogP contribution in [0.15, 0.2) is 18.5 Å². The fraction of sp³-hybridized carbons (Fsp3) is 0.400. The Morgan fingerprint density at radius 3 is 2.72 bits per heavy atom. The maximum Gasteiger partial charge on any atom is 0.325 e. The fourth-order valence-corrected chi connectivity index (χ4v) is 2.88. The zero-order valence-electron chi connectivity index (χ0n) is 13.6. The predicted molar refractivity (Wildman–Crippen MR) is 91.2 cm³/mol. The smallest absolute Gasteiger partial charge is 0.325 e. The molecule has 10 heteroatoms. The van der Waals surface area contributed by atoms with E-state index in [0.29, 0.717) is 21.4 Å². The Hall–Kier alpha value is -2.19. The molecule has 0 bridgehead atoms. The molecule has 0 radical (unpaired) electrons. The molecule has 3 heterocycles.